The normalized spacial score (nSPS) is 13.5. The molecule has 1 amide bonds. The van der Waals surface area contributed by atoms with Gasteiger partial charge in [-0.1, -0.05) is 46.3 Å². The molecule has 1 fully saturated rings. The Morgan fingerprint density at radius 3 is 2.62 bits per heavy atom. The van der Waals surface area contributed by atoms with E-state index in [1.807, 2.05) is 29.2 Å². The molecule has 0 N–H and O–H groups in total. The number of carbonyl (C=O) groups excluding carboxylic acids is 1. The molecule has 0 spiro atoms. The third-order valence-electron chi connectivity index (χ3n) is 4.08. The van der Waals surface area contributed by atoms with Gasteiger partial charge in [-0.15, -0.1) is 0 Å². The van der Waals surface area contributed by atoms with Crippen LogP contribution in [0.3, 0.4) is 0 Å². The molecule has 0 unspecified atom stereocenters. The summed E-state index contributed by atoms with van der Waals surface area (Å²) in [5, 5.41) is 11.1. The Hall–Kier alpha value is -2.21. The number of amides is 1. The number of nitro groups is 1. The zero-order valence-electron chi connectivity index (χ0n) is 13.0. The Morgan fingerprint density at radius 2 is 1.96 bits per heavy atom. The van der Waals surface area contributed by atoms with Gasteiger partial charge in [0.15, 0.2) is 0 Å². The predicted octanol–water partition coefficient (Wildman–Crippen LogP) is 4.09. The summed E-state index contributed by atoms with van der Waals surface area (Å²) in [7, 11) is 0. The van der Waals surface area contributed by atoms with Gasteiger partial charge < -0.3 is 4.90 Å². The molecule has 0 saturated heterocycles. The van der Waals surface area contributed by atoms with Crippen LogP contribution in [0.1, 0.15) is 24.0 Å². The second-order valence-corrected chi connectivity index (χ2v) is 6.86. The van der Waals surface area contributed by atoms with Crippen molar-refractivity contribution in [3.63, 3.8) is 0 Å². The first kappa shape index (κ1) is 16.6. The zero-order valence-corrected chi connectivity index (χ0v) is 14.6. The zero-order chi connectivity index (χ0) is 17.1. The summed E-state index contributed by atoms with van der Waals surface area (Å²) in [4.78, 5) is 25.3. The number of hydrogen-bond donors (Lipinski definition) is 0. The van der Waals surface area contributed by atoms with Crippen LogP contribution in [-0.2, 0) is 17.8 Å². The molecule has 5 nitrogen and oxygen atoms in total. The van der Waals surface area contributed by atoms with E-state index in [-0.39, 0.29) is 24.1 Å². The van der Waals surface area contributed by atoms with E-state index >= 15 is 0 Å². The first-order valence-corrected chi connectivity index (χ1v) is 8.60. The highest BCUT2D eigenvalue weighted by Gasteiger charge is 2.33. The number of benzene rings is 2. The topological polar surface area (TPSA) is 63.4 Å². The lowest BCUT2D eigenvalue weighted by atomic mass is 10.1. The van der Waals surface area contributed by atoms with E-state index < -0.39 is 4.92 Å². The molecule has 1 aliphatic rings. The van der Waals surface area contributed by atoms with Crippen molar-refractivity contribution >= 4 is 27.5 Å². The average Bonchev–Trinajstić information content (AvgIpc) is 3.37. The van der Waals surface area contributed by atoms with Crippen molar-refractivity contribution in [1.29, 1.82) is 0 Å². The number of halogens is 1. The van der Waals surface area contributed by atoms with E-state index in [9.17, 15) is 14.9 Å². The molecule has 0 aromatic heterocycles. The van der Waals surface area contributed by atoms with Crippen LogP contribution in [0.2, 0.25) is 0 Å². The third kappa shape index (κ3) is 4.00. The Morgan fingerprint density at radius 1 is 1.21 bits per heavy atom. The third-order valence-corrected chi connectivity index (χ3v) is 4.57. The van der Waals surface area contributed by atoms with E-state index in [1.54, 1.807) is 18.2 Å². The minimum atomic E-state index is -0.432. The molecule has 0 atom stereocenters. The predicted molar refractivity (Wildman–Crippen MR) is 94.5 cm³/mol. The fourth-order valence-electron chi connectivity index (χ4n) is 2.74. The minimum absolute atomic E-state index is 0.00375. The quantitative estimate of drug-likeness (QED) is 0.552. The molecule has 0 heterocycles. The van der Waals surface area contributed by atoms with E-state index in [2.05, 4.69) is 15.9 Å². The molecular weight excluding hydrogens is 372 g/mol. The van der Waals surface area contributed by atoms with Crippen molar-refractivity contribution in [2.24, 2.45) is 0 Å². The number of para-hydroxylation sites is 1. The molecule has 24 heavy (non-hydrogen) atoms. The number of nitrogens with zero attached hydrogens (tertiary/aromatic N) is 2. The first-order chi connectivity index (χ1) is 11.5. The van der Waals surface area contributed by atoms with Crippen LogP contribution in [0.15, 0.2) is 53.0 Å². The maximum atomic E-state index is 12.7. The molecule has 0 bridgehead atoms. The van der Waals surface area contributed by atoms with E-state index in [0.717, 1.165) is 22.9 Å². The lowest BCUT2D eigenvalue weighted by Gasteiger charge is -2.23. The highest BCUT2D eigenvalue weighted by Crippen LogP contribution is 2.30. The lowest BCUT2D eigenvalue weighted by molar-refractivity contribution is -0.385. The Balaban J connectivity index is 1.77. The van der Waals surface area contributed by atoms with Gasteiger partial charge in [0, 0.05) is 28.7 Å². The average molecular weight is 389 g/mol. The van der Waals surface area contributed by atoms with Crippen molar-refractivity contribution in [3.8, 4) is 0 Å². The van der Waals surface area contributed by atoms with Gasteiger partial charge >= 0.3 is 0 Å². The van der Waals surface area contributed by atoms with Gasteiger partial charge in [0.25, 0.3) is 5.69 Å². The van der Waals surface area contributed by atoms with Crippen LogP contribution < -0.4 is 0 Å². The lowest BCUT2D eigenvalue weighted by Crippen LogP contribution is -2.34. The number of rotatable bonds is 6. The molecule has 2 aromatic carbocycles. The smallest absolute Gasteiger partial charge is 0.273 e. The largest absolute Gasteiger partial charge is 0.335 e. The number of carbonyl (C=O) groups is 1. The van der Waals surface area contributed by atoms with E-state index in [0.29, 0.717) is 12.1 Å². The van der Waals surface area contributed by atoms with Crippen molar-refractivity contribution < 1.29 is 9.72 Å². The van der Waals surface area contributed by atoms with Gasteiger partial charge in [0.1, 0.15) is 0 Å². The maximum Gasteiger partial charge on any atom is 0.273 e. The summed E-state index contributed by atoms with van der Waals surface area (Å²) < 4.78 is 0.974. The SMILES string of the molecule is O=C(Cc1ccccc1[N+](=O)[O-])N(Cc1cccc(Br)c1)C1CC1. The molecule has 3 rings (SSSR count). The second kappa shape index (κ2) is 7.13. The van der Waals surface area contributed by atoms with E-state index in [1.165, 1.54) is 6.07 Å². The molecule has 2 aromatic rings. The van der Waals surface area contributed by atoms with Gasteiger partial charge in [-0.05, 0) is 30.5 Å². The molecular formula is C18H17BrN2O3. The highest BCUT2D eigenvalue weighted by molar-refractivity contribution is 9.10. The van der Waals surface area contributed by atoms with Gasteiger partial charge in [-0.2, -0.15) is 0 Å². The van der Waals surface area contributed by atoms with Gasteiger partial charge in [-0.3, -0.25) is 14.9 Å². The fraction of sp³-hybridized carbons (Fsp3) is 0.278. The maximum absolute atomic E-state index is 12.7. The Kier molecular flexibility index (Phi) is 4.94. The summed E-state index contributed by atoms with van der Waals surface area (Å²) in [6.07, 6.45) is 2.05. The summed E-state index contributed by atoms with van der Waals surface area (Å²) in [5.41, 5.74) is 1.52. The second-order valence-electron chi connectivity index (χ2n) is 5.95. The van der Waals surface area contributed by atoms with Gasteiger partial charge in [0.05, 0.1) is 11.3 Å². The molecule has 6 heteroatoms. The van der Waals surface area contributed by atoms with Crippen LogP contribution in [-0.4, -0.2) is 21.8 Å². The summed E-state index contributed by atoms with van der Waals surface area (Å²) in [6.45, 7) is 0.531. The van der Waals surface area contributed by atoms with Gasteiger partial charge in [0.2, 0.25) is 5.91 Å². The molecule has 124 valence electrons. The molecule has 0 aliphatic heterocycles. The summed E-state index contributed by atoms with van der Waals surface area (Å²) >= 11 is 3.44. The van der Waals surface area contributed by atoms with Crippen LogP contribution in [0.4, 0.5) is 5.69 Å². The summed E-state index contributed by atoms with van der Waals surface area (Å²) in [6, 6.07) is 14.6. The van der Waals surface area contributed by atoms with E-state index in [4.69, 9.17) is 0 Å². The minimum Gasteiger partial charge on any atom is -0.335 e. The fourth-order valence-corrected chi connectivity index (χ4v) is 3.19. The van der Waals surface area contributed by atoms with Crippen molar-refractivity contribution in [2.75, 3.05) is 0 Å². The van der Waals surface area contributed by atoms with Crippen LogP contribution in [0.5, 0.6) is 0 Å². The van der Waals surface area contributed by atoms with Crippen LogP contribution in [0, 0.1) is 10.1 Å². The number of nitro benzene ring substituents is 1. The van der Waals surface area contributed by atoms with Crippen LogP contribution in [0.25, 0.3) is 0 Å². The number of hydrogen-bond acceptors (Lipinski definition) is 3. The highest BCUT2D eigenvalue weighted by atomic mass is 79.9. The van der Waals surface area contributed by atoms with Crippen molar-refractivity contribution in [2.45, 2.75) is 31.8 Å². The standard InChI is InChI=1S/C18H17BrN2O3/c19-15-6-3-4-13(10-15)12-20(16-8-9-16)18(22)11-14-5-1-2-7-17(14)21(23)24/h1-7,10,16H,8-9,11-12H2. The molecule has 1 saturated carbocycles. The Bertz CT molecular complexity index is 774. The van der Waals surface area contributed by atoms with Crippen molar-refractivity contribution in [3.05, 3.63) is 74.2 Å². The Labute approximate surface area is 148 Å². The van der Waals surface area contributed by atoms with Crippen molar-refractivity contribution in [1.82, 2.24) is 4.90 Å². The molecule has 1 aliphatic carbocycles. The van der Waals surface area contributed by atoms with Gasteiger partial charge in [-0.25, -0.2) is 0 Å². The summed E-state index contributed by atoms with van der Waals surface area (Å²) in [5.74, 6) is -0.0632. The first-order valence-electron chi connectivity index (χ1n) is 7.81. The molecule has 0 radical (unpaired) electrons. The monoisotopic (exact) mass is 388 g/mol. The van der Waals surface area contributed by atoms with Crippen LogP contribution >= 0.6 is 15.9 Å².